The van der Waals surface area contributed by atoms with Crippen LogP contribution in [0.4, 0.5) is 0 Å². The average molecular weight is 218 g/mol. The van der Waals surface area contributed by atoms with Gasteiger partial charge >= 0.3 is 0 Å². The predicted molar refractivity (Wildman–Crippen MR) is 55.5 cm³/mol. The summed E-state index contributed by atoms with van der Waals surface area (Å²) in [7, 11) is 0. The summed E-state index contributed by atoms with van der Waals surface area (Å²) in [6.45, 7) is 1.91. The lowest BCUT2D eigenvalue weighted by Crippen LogP contribution is -2.41. The van der Waals surface area contributed by atoms with E-state index in [4.69, 9.17) is 0 Å². The lowest BCUT2D eigenvalue weighted by atomic mass is 9.85. The molecule has 0 spiro atoms. The van der Waals surface area contributed by atoms with Crippen LogP contribution >= 0.6 is 0 Å². The van der Waals surface area contributed by atoms with Gasteiger partial charge in [-0.1, -0.05) is 19.1 Å². The van der Waals surface area contributed by atoms with E-state index in [2.05, 4.69) is 0 Å². The monoisotopic (exact) mass is 218 g/mol. The first kappa shape index (κ1) is 10.7. The normalized spacial score (nSPS) is 19.9. The second-order valence-electron chi connectivity index (χ2n) is 3.69. The standard InChI is InChI=1S/C12H10O4/c1-2-6-3-4-7-8(5-6)10(14)12(16)11(15)9(7)13/h3-5,11,15H,2H2,1H3. The molecule has 1 N–H and O–H groups in total. The second-order valence-corrected chi connectivity index (χ2v) is 3.69. The average Bonchev–Trinajstić information content (AvgIpc) is 2.33. The molecule has 0 radical (unpaired) electrons. The van der Waals surface area contributed by atoms with Gasteiger partial charge in [-0.3, -0.25) is 14.4 Å². The van der Waals surface area contributed by atoms with Crippen molar-refractivity contribution in [1.29, 1.82) is 0 Å². The lowest BCUT2D eigenvalue weighted by Gasteiger charge is -2.17. The Hall–Kier alpha value is -1.81. The first-order chi connectivity index (χ1) is 7.56. The number of aliphatic hydroxyl groups is 1. The molecule has 1 aliphatic carbocycles. The topological polar surface area (TPSA) is 71.4 Å². The summed E-state index contributed by atoms with van der Waals surface area (Å²) in [6.07, 6.45) is -1.11. The summed E-state index contributed by atoms with van der Waals surface area (Å²) in [5.74, 6) is -2.51. The van der Waals surface area contributed by atoms with Crippen molar-refractivity contribution >= 4 is 17.3 Å². The van der Waals surface area contributed by atoms with Gasteiger partial charge in [0.25, 0.3) is 0 Å². The minimum atomic E-state index is -1.83. The van der Waals surface area contributed by atoms with Crippen LogP contribution in [0.2, 0.25) is 0 Å². The van der Waals surface area contributed by atoms with Crippen LogP contribution in [0.3, 0.4) is 0 Å². The summed E-state index contributed by atoms with van der Waals surface area (Å²) >= 11 is 0. The maximum absolute atomic E-state index is 11.6. The van der Waals surface area contributed by atoms with Crippen molar-refractivity contribution in [3.05, 3.63) is 34.9 Å². The SMILES string of the molecule is CCc1ccc2c(c1)C(=O)C(=O)C(O)C2=O. The Morgan fingerprint density at radius 3 is 2.44 bits per heavy atom. The fourth-order valence-electron chi connectivity index (χ4n) is 1.74. The van der Waals surface area contributed by atoms with E-state index in [-0.39, 0.29) is 11.1 Å². The predicted octanol–water partition coefficient (Wildman–Crippen LogP) is 0.558. The molecule has 0 amide bonds. The molecule has 0 bridgehead atoms. The van der Waals surface area contributed by atoms with Crippen LogP contribution in [0.15, 0.2) is 18.2 Å². The van der Waals surface area contributed by atoms with Gasteiger partial charge in [-0.25, -0.2) is 0 Å². The molecule has 16 heavy (non-hydrogen) atoms. The van der Waals surface area contributed by atoms with Gasteiger partial charge in [0.15, 0.2) is 11.9 Å². The lowest BCUT2D eigenvalue weighted by molar-refractivity contribution is -0.120. The van der Waals surface area contributed by atoms with Crippen LogP contribution in [0.1, 0.15) is 33.2 Å². The van der Waals surface area contributed by atoms with Gasteiger partial charge in [0.1, 0.15) is 0 Å². The number of benzene rings is 1. The van der Waals surface area contributed by atoms with Crippen molar-refractivity contribution in [3.8, 4) is 0 Å². The summed E-state index contributed by atoms with van der Waals surface area (Å²) in [5, 5.41) is 9.27. The number of ketones is 3. The van der Waals surface area contributed by atoms with Crippen molar-refractivity contribution in [2.75, 3.05) is 0 Å². The maximum atomic E-state index is 11.6. The number of rotatable bonds is 1. The molecule has 0 aliphatic heterocycles. The highest BCUT2D eigenvalue weighted by Crippen LogP contribution is 2.21. The van der Waals surface area contributed by atoms with E-state index in [1.165, 1.54) is 6.07 Å². The zero-order valence-electron chi connectivity index (χ0n) is 8.69. The molecule has 1 aromatic carbocycles. The summed E-state index contributed by atoms with van der Waals surface area (Å²) in [6, 6.07) is 4.75. The molecule has 0 aromatic heterocycles. The molecular formula is C12H10O4. The van der Waals surface area contributed by atoms with E-state index in [0.29, 0.717) is 6.42 Å². The van der Waals surface area contributed by atoms with E-state index in [1.807, 2.05) is 6.92 Å². The van der Waals surface area contributed by atoms with Crippen LogP contribution < -0.4 is 0 Å². The Morgan fingerprint density at radius 1 is 1.12 bits per heavy atom. The number of carbonyl (C=O) groups is 3. The summed E-state index contributed by atoms with van der Waals surface area (Å²) in [4.78, 5) is 34.4. The largest absolute Gasteiger partial charge is 0.377 e. The van der Waals surface area contributed by atoms with Crippen LogP contribution in [-0.2, 0) is 11.2 Å². The Labute approximate surface area is 91.9 Å². The first-order valence-corrected chi connectivity index (χ1v) is 5.00. The van der Waals surface area contributed by atoms with Crippen molar-refractivity contribution in [3.63, 3.8) is 0 Å². The Morgan fingerprint density at radius 2 is 1.81 bits per heavy atom. The van der Waals surface area contributed by atoms with E-state index in [9.17, 15) is 19.5 Å². The summed E-state index contributed by atoms with van der Waals surface area (Å²) in [5.41, 5.74) is 1.12. The number of Topliss-reactive ketones (excluding diaryl/α,β-unsaturated/α-hetero) is 3. The highest BCUT2D eigenvalue weighted by molar-refractivity contribution is 6.53. The quantitative estimate of drug-likeness (QED) is 0.552. The van der Waals surface area contributed by atoms with Crippen LogP contribution in [-0.4, -0.2) is 28.6 Å². The van der Waals surface area contributed by atoms with Gasteiger partial charge in [0.05, 0.1) is 0 Å². The molecule has 82 valence electrons. The minimum absolute atomic E-state index is 0.111. The van der Waals surface area contributed by atoms with Crippen LogP contribution in [0, 0.1) is 0 Å². The van der Waals surface area contributed by atoms with Gasteiger partial charge in [0, 0.05) is 11.1 Å². The van der Waals surface area contributed by atoms with Gasteiger partial charge in [-0.05, 0) is 18.1 Å². The Bertz CT molecular complexity index is 502. The Balaban J connectivity index is 2.64. The molecule has 1 atom stereocenters. The number of aryl methyl sites for hydroxylation is 1. The molecule has 4 heteroatoms. The molecule has 1 unspecified atom stereocenters. The van der Waals surface area contributed by atoms with Crippen molar-refractivity contribution in [2.45, 2.75) is 19.4 Å². The molecule has 0 saturated carbocycles. The molecule has 1 aromatic rings. The van der Waals surface area contributed by atoms with Gasteiger partial charge in [-0.2, -0.15) is 0 Å². The van der Waals surface area contributed by atoms with Crippen molar-refractivity contribution in [1.82, 2.24) is 0 Å². The van der Waals surface area contributed by atoms with Crippen LogP contribution in [0.5, 0.6) is 0 Å². The third kappa shape index (κ3) is 1.39. The third-order valence-electron chi connectivity index (χ3n) is 2.72. The fraction of sp³-hybridized carbons (Fsp3) is 0.250. The van der Waals surface area contributed by atoms with E-state index < -0.39 is 23.5 Å². The molecule has 2 rings (SSSR count). The highest BCUT2D eigenvalue weighted by atomic mass is 16.3. The van der Waals surface area contributed by atoms with E-state index in [1.54, 1.807) is 12.1 Å². The number of fused-ring (bicyclic) bond motifs is 1. The molecule has 4 nitrogen and oxygen atoms in total. The number of hydrogen-bond donors (Lipinski definition) is 1. The maximum Gasteiger partial charge on any atom is 0.239 e. The van der Waals surface area contributed by atoms with Crippen LogP contribution in [0.25, 0.3) is 0 Å². The third-order valence-corrected chi connectivity index (χ3v) is 2.72. The smallest absolute Gasteiger partial charge is 0.239 e. The van der Waals surface area contributed by atoms with E-state index in [0.717, 1.165) is 5.56 Å². The molecule has 0 saturated heterocycles. The molecule has 0 heterocycles. The molecular weight excluding hydrogens is 208 g/mol. The zero-order chi connectivity index (χ0) is 11.9. The van der Waals surface area contributed by atoms with E-state index >= 15 is 0 Å². The summed E-state index contributed by atoms with van der Waals surface area (Å²) < 4.78 is 0. The van der Waals surface area contributed by atoms with Gasteiger partial charge in [0.2, 0.25) is 11.6 Å². The number of carbonyl (C=O) groups excluding carboxylic acids is 3. The zero-order valence-corrected chi connectivity index (χ0v) is 8.69. The van der Waals surface area contributed by atoms with Gasteiger partial charge < -0.3 is 5.11 Å². The second kappa shape index (κ2) is 3.64. The highest BCUT2D eigenvalue weighted by Gasteiger charge is 2.38. The minimum Gasteiger partial charge on any atom is -0.377 e. The first-order valence-electron chi connectivity index (χ1n) is 5.00. The Kier molecular flexibility index (Phi) is 2.44. The van der Waals surface area contributed by atoms with Crippen molar-refractivity contribution in [2.24, 2.45) is 0 Å². The number of aliphatic hydroxyl groups excluding tert-OH is 1. The van der Waals surface area contributed by atoms with Gasteiger partial charge in [-0.15, -0.1) is 0 Å². The molecule has 1 aliphatic rings. The fourth-order valence-corrected chi connectivity index (χ4v) is 1.74. The van der Waals surface area contributed by atoms with Crippen molar-refractivity contribution < 1.29 is 19.5 Å². The number of hydrogen-bond acceptors (Lipinski definition) is 4. The molecule has 0 fully saturated rings.